The Morgan fingerprint density at radius 1 is 1.14 bits per heavy atom. The minimum absolute atomic E-state index is 0.650. The van der Waals surface area contributed by atoms with Gasteiger partial charge < -0.3 is 10.3 Å². The van der Waals surface area contributed by atoms with Crippen LogP contribution in [0.2, 0.25) is 0 Å². The molecule has 0 unspecified atom stereocenters. The van der Waals surface area contributed by atoms with Gasteiger partial charge in [0.05, 0.1) is 0 Å². The van der Waals surface area contributed by atoms with E-state index in [9.17, 15) is 0 Å². The fourth-order valence-electron chi connectivity index (χ4n) is 2.62. The first-order valence-electron chi connectivity index (χ1n) is 7.42. The number of nitrogens with zero attached hydrogens (tertiary/aromatic N) is 3. The number of nitrogens with two attached hydrogens (primary N) is 1. The molecule has 0 bridgehead atoms. The molecule has 0 radical (unpaired) electrons. The lowest BCUT2D eigenvalue weighted by Crippen LogP contribution is -2.33. The Kier molecular flexibility index (Phi) is 4.01. The molecule has 21 heavy (non-hydrogen) atoms. The maximum absolute atomic E-state index is 5.56. The van der Waals surface area contributed by atoms with Crippen molar-refractivity contribution in [3.05, 3.63) is 36.4 Å². The molecular weight excluding hydrogens is 262 g/mol. The average Bonchev–Trinajstić information content (AvgIpc) is 2.56. The predicted molar refractivity (Wildman–Crippen MR) is 85.9 cm³/mol. The lowest BCUT2D eigenvalue weighted by Gasteiger charge is -2.31. The van der Waals surface area contributed by atoms with Crippen LogP contribution in [0.5, 0.6) is 0 Å². The molecule has 0 spiro atoms. The molecule has 3 N–H and O–H groups in total. The van der Waals surface area contributed by atoms with Gasteiger partial charge in [-0.2, -0.15) is 0 Å². The van der Waals surface area contributed by atoms with Gasteiger partial charge in [0.25, 0.3) is 0 Å². The minimum Gasteiger partial charge on any atom is -0.356 e. The van der Waals surface area contributed by atoms with Gasteiger partial charge in [-0.05, 0) is 18.8 Å². The maximum atomic E-state index is 5.56. The molecule has 3 rings (SSSR count). The summed E-state index contributed by atoms with van der Waals surface area (Å²) in [5.74, 6) is 8.66. The van der Waals surface area contributed by atoms with Gasteiger partial charge in [0.2, 0.25) is 0 Å². The van der Waals surface area contributed by atoms with E-state index in [2.05, 4.69) is 22.2 Å². The zero-order valence-corrected chi connectivity index (χ0v) is 12.3. The fraction of sp³-hybridized carbons (Fsp3) is 0.375. The van der Waals surface area contributed by atoms with Crippen LogP contribution >= 0.6 is 0 Å². The highest BCUT2D eigenvalue weighted by molar-refractivity contribution is 5.61. The van der Waals surface area contributed by atoms with Crippen molar-refractivity contribution in [2.24, 2.45) is 11.8 Å². The molecule has 1 aliphatic rings. The van der Waals surface area contributed by atoms with Gasteiger partial charge in [0.1, 0.15) is 11.6 Å². The zero-order valence-electron chi connectivity index (χ0n) is 12.3. The van der Waals surface area contributed by atoms with Gasteiger partial charge in [-0.1, -0.05) is 37.3 Å². The highest BCUT2D eigenvalue weighted by atomic mass is 15.3. The first-order chi connectivity index (χ1) is 10.3. The van der Waals surface area contributed by atoms with Gasteiger partial charge >= 0.3 is 0 Å². The SMILES string of the molecule is CC1CCN(c2cc(NN)nc(-c3ccccc3)n2)CC1. The Balaban J connectivity index is 1.94. The van der Waals surface area contributed by atoms with Gasteiger partial charge in [0.15, 0.2) is 5.82 Å². The Morgan fingerprint density at radius 3 is 2.52 bits per heavy atom. The smallest absolute Gasteiger partial charge is 0.163 e. The Bertz CT molecular complexity index is 591. The Hall–Kier alpha value is -2.14. The molecule has 5 nitrogen and oxygen atoms in total. The second-order valence-corrected chi connectivity index (χ2v) is 5.61. The lowest BCUT2D eigenvalue weighted by molar-refractivity contribution is 0.436. The fourth-order valence-corrected chi connectivity index (χ4v) is 2.62. The van der Waals surface area contributed by atoms with Crippen LogP contribution in [-0.4, -0.2) is 23.1 Å². The third kappa shape index (κ3) is 3.13. The van der Waals surface area contributed by atoms with Crippen LogP contribution in [0.3, 0.4) is 0 Å². The van der Waals surface area contributed by atoms with Crippen molar-refractivity contribution in [3.63, 3.8) is 0 Å². The lowest BCUT2D eigenvalue weighted by atomic mass is 9.99. The van der Waals surface area contributed by atoms with E-state index in [1.165, 1.54) is 12.8 Å². The van der Waals surface area contributed by atoms with E-state index in [-0.39, 0.29) is 0 Å². The minimum atomic E-state index is 0.650. The molecule has 1 fully saturated rings. The van der Waals surface area contributed by atoms with Crippen LogP contribution in [0, 0.1) is 5.92 Å². The number of nitrogen functional groups attached to an aromatic ring is 1. The van der Waals surface area contributed by atoms with Crippen molar-refractivity contribution in [3.8, 4) is 11.4 Å². The summed E-state index contributed by atoms with van der Waals surface area (Å²) < 4.78 is 0. The molecule has 1 aliphatic heterocycles. The van der Waals surface area contributed by atoms with Crippen LogP contribution in [0.1, 0.15) is 19.8 Å². The molecule has 0 amide bonds. The van der Waals surface area contributed by atoms with Crippen LogP contribution in [0.4, 0.5) is 11.6 Å². The summed E-state index contributed by atoms with van der Waals surface area (Å²) >= 11 is 0. The van der Waals surface area contributed by atoms with E-state index < -0.39 is 0 Å². The third-order valence-electron chi connectivity index (χ3n) is 4.00. The molecule has 2 heterocycles. The Morgan fingerprint density at radius 2 is 1.86 bits per heavy atom. The molecule has 5 heteroatoms. The summed E-state index contributed by atoms with van der Waals surface area (Å²) in [5.41, 5.74) is 3.65. The van der Waals surface area contributed by atoms with Gasteiger partial charge in [-0.25, -0.2) is 15.8 Å². The van der Waals surface area contributed by atoms with Crippen LogP contribution < -0.4 is 16.2 Å². The van der Waals surface area contributed by atoms with Gasteiger partial charge in [-0.3, -0.25) is 0 Å². The maximum Gasteiger partial charge on any atom is 0.163 e. The van der Waals surface area contributed by atoms with E-state index >= 15 is 0 Å². The number of benzene rings is 1. The van der Waals surface area contributed by atoms with E-state index in [4.69, 9.17) is 10.8 Å². The quantitative estimate of drug-likeness (QED) is 0.669. The van der Waals surface area contributed by atoms with Crippen molar-refractivity contribution < 1.29 is 0 Å². The molecule has 0 saturated carbocycles. The molecule has 2 aromatic rings. The van der Waals surface area contributed by atoms with Crippen molar-refractivity contribution in [1.82, 2.24) is 9.97 Å². The molecule has 1 aromatic heterocycles. The number of hydrogen-bond donors (Lipinski definition) is 2. The van der Waals surface area contributed by atoms with Crippen molar-refractivity contribution in [2.45, 2.75) is 19.8 Å². The van der Waals surface area contributed by atoms with Gasteiger partial charge in [0, 0.05) is 24.7 Å². The summed E-state index contributed by atoms with van der Waals surface area (Å²) in [6, 6.07) is 11.9. The van der Waals surface area contributed by atoms with Crippen molar-refractivity contribution in [2.75, 3.05) is 23.4 Å². The van der Waals surface area contributed by atoms with E-state index in [0.717, 1.165) is 30.4 Å². The number of nitrogens with one attached hydrogen (secondary N) is 1. The van der Waals surface area contributed by atoms with Gasteiger partial charge in [-0.15, -0.1) is 0 Å². The Labute approximate surface area is 125 Å². The number of piperidine rings is 1. The largest absolute Gasteiger partial charge is 0.356 e. The summed E-state index contributed by atoms with van der Waals surface area (Å²) in [4.78, 5) is 11.5. The summed E-state index contributed by atoms with van der Waals surface area (Å²) in [6.07, 6.45) is 2.41. The first-order valence-corrected chi connectivity index (χ1v) is 7.42. The number of hydrogen-bond acceptors (Lipinski definition) is 5. The highest BCUT2D eigenvalue weighted by Gasteiger charge is 2.18. The molecule has 0 atom stereocenters. The molecule has 1 aromatic carbocycles. The third-order valence-corrected chi connectivity index (χ3v) is 4.00. The summed E-state index contributed by atoms with van der Waals surface area (Å²) in [7, 11) is 0. The number of hydrazine groups is 1. The second kappa shape index (κ2) is 6.10. The van der Waals surface area contributed by atoms with E-state index in [0.29, 0.717) is 11.6 Å². The first kappa shape index (κ1) is 13.8. The number of anilines is 2. The monoisotopic (exact) mass is 283 g/mol. The molecule has 1 saturated heterocycles. The number of rotatable bonds is 3. The highest BCUT2D eigenvalue weighted by Crippen LogP contribution is 2.25. The standard InChI is InChI=1S/C16H21N5/c1-12-7-9-21(10-8-12)15-11-14(20-17)18-16(19-15)13-5-3-2-4-6-13/h2-6,11-12H,7-10,17H2,1H3,(H,18,19,20). The number of aromatic nitrogens is 2. The van der Waals surface area contributed by atoms with E-state index in [1.54, 1.807) is 0 Å². The average molecular weight is 283 g/mol. The van der Waals surface area contributed by atoms with Crippen LogP contribution in [-0.2, 0) is 0 Å². The van der Waals surface area contributed by atoms with Crippen molar-refractivity contribution >= 4 is 11.6 Å². The summed E-state index contributed by atoms with van der Waals surface area (Å²) in [6.45, 7) is 4.38. The topological polar surface area (TPSA) is 67.1 Å². The van der Waals surface area contributed by atoms with Crippen LogP contribution in [0.25, 0.3) is 11.4 Å². The molecule has 0 aliphatic carbocycles. The molecule has 110 valence electrons. The molecular formula is C16H21N5. The summed E-state index contributed by atoms with van der Waals surface area (Å²) in [5, 5.41) is 0. The zero-order chi connectivity index (χ0) is 14.7. The second-order valence-electron chi connectivity index (χ2n) is 5.61. The normalized spacial score (nSPS) is 16.0. The van der Waals surface area contributed by atoms with E-state index in [1.807, 2.05) is 36.4 Å². The van der Waals surface area contributed by atoms with Crippen LogP contribution in [0.15, 0.2) is 36.4 Å². The van der Waals surface area contributed by atoms with Crippen molar-refractivity contribution in [1.29, 1.82) is 0 Å². The predicted octanol–water partition coefficient (Wildman–Crippen LogP) is 2.67.